The Kier molecular flexibility index (Phi) is 5.76. The molecule has 1 amide bonds. The van der Waals surface area contributed by atoms with Crippen molar-refractivity contribution in [3.63, 3.8) is 0 Å². The molecule has 1 aromatic heterocycles. The summed E-state index contributed by atoms with van der Waals surface area (Å²) in [6, 6.07) is 11.3. The average Bonchev–Trinajstić information content (AvgIpc) is 2.96. The molecule has 7 heteroatoms. The molecule has 0 bridgehead atoms. The number of carbonyl (C=O) groups excluding carboxylic acids is 2. The molecule has 1 N–H and O–H groups in total. The van der Waals surface area contributed by atoms with Crippen molar-refractivity contribution in [3.05, 3.63) is 70.2 Å². The third kappa shape index (κ3) is 4.65. The zero-order valence-electron chi connectivity index (χ0n) is 14.6. The third-order valence-corrected chi connectivity index (χ3v) is 4.28. The number of amides is 1. The van der Waals surface area contributed by atoms with E-state index in [1.54, 1.807) is 13.0 Å². The molecule has 0 spiro atoms. The maximum Gasteiger partial charge on any atom is 0.375 e. The van der Waals surface area contributed by atoms with E-state index in [2.05, 4.69) is 5.32 Å². The lowest BCUT2D eigenvalue weighted by Crippen LogP contribution is -2.30. The summed E-state index contributed by atoms with van der Waals surface area (Å²) >= 11 is 5.91. The number of rotatable bonds is 6. The Morgan fingerprint density at radius 1 is 1.22 bits per heavy atom. The van der Waals surface area contributed by atoms with Gasteiger partial charge in [0.25, 0.3) is 5.91 Å². The Balaban J connectivity index is 1.51. The SMILES string of the molecule is Cc1c(C(=O)OCC(=O)NCCc2cccc(Cl)c2)oc2ccc(F)cc12. The number of aryl methyl sites for hydroxylation is 1. The van der Waals surface area contributed by atoms with E-state index in [0.29, 0.717) is 34.5 Å². The van der Waals surface area contributed by atoms with Gasteiger partial charge in [0.15, 0.2) is 6.61 Å². The van der Waals surface area contributed by atoms with Gasteiger partial charge in [0.2, 0.25) is 5.76 Å². The van der Waals surface area contributed by atoms with Crippen LogP contribution in [0, 0.1) is 12.7 Å². The first-order valence-corrected chi connectivity index (χ1v) is 8.69. The van der Waals surface area contributed by atoms with E-state index in [4.69, 9.17) is 20.8 Å². The Bertz CT molecular complexity index is 999. The third-order valence-electron chi connectivity index (χ3n) is 4.04. The topological polar surface area (TPSA) is 68.5 Å². The van der Waals surface area contributed by atoms with Crippen LogP contribution in [0.25, 0.3) is 11.0 Å². The van der Waals surface area contributed by atoms with Crippen molar-refractivity contribution in [2.75, 3.05) is 13.2 Å². The van der Waals surface area contributed by atoms with Gasteiger partial charge in [-0.15, -0.1) is 0 Å². The number of hydrogen-bond donors (Lipinski definition) is 1. The van der Waals surface area contributed by atoms with Gasteiger partial charge >= 0.3 is 5.97 Å². The fraction of sp³-hybridized carbons (Fsp3) is 0.200. The maximum atomic E-state index is 13.3. The van der Waals surface area contributed by atoms with Gasteiger partial charge in [0, 0.05) is 22.5 Å². The summed E-state index contributed by atoms with van der Waals surface area (Å²) in [6.07, 6.45) is 0.606. The first-order chi connectivity index (χ1) is 12.9. The highest BCUT2D eigenvalue weighted by Crippen LogP contribution is 2.26. The number of esters is 1. The van der Waals surface area contributed by atoms with E-state index < -0.39 is 24.3 Å². The van der Waals surface area contributed by atoms with Crippen molar-refractivity contribution >= 4 is 34.4 Å². The number of halogens is 2. The molecule has 3 rings (SSSR count). The Hall–Kier alpha value is -2.86. The number of carbonyl (C=O) groups is 2. The van der Waals surface area contributed by atoms with Crippen LogP contribution >= 0.6 is 11.6 Å². The lowest BCUT2D eigenvalue weighted by atomic mass is 10.1. The monoisotopic (exact) mass is 389 g/mol. The highest BCUT2D eigenvalue weighted by Gasteiger charge is 2.20. The molecule has 3 aromatic rings. The van der Waals surface area contributed by atoms with E-state index in [1.807, 2.05) is 18.2 Å². The van der Waals surface area contributed by atoms with E-state index in [-0.39, 0.29) is 5.76 Å². The maximum absolute atomic E-state index is 13.3. The number of furan rings is 1. The number of fused-ring (bicyclic) bond motifs is 1. The predicted molar refractivity (Wildman–Crippen MR) is 99.4 cm³/mol. The molecule has 0 radical (unpaired) electrons. The molecular formula is C20H17ClFNO4. The molecule has 0 atom stereocenters. The van der Waals surface area contributed by atoms with Gasteiger partial charge in [-0.25, -0.2) is 9.18 Å². The van der Waals surface area contributed by atoms with Crippen molar-refractivity contribution in [1.29, 1.82) is 0 Å². The van der Waals surface area contributed by atoms with Crippen LogP contribution in [0.15, 0.2) is 46.9 Å². The van der Waals surface area contributed by atoms with Crippen LogP contribution in [0.5, 0.6) is 0 Å². The second-order valence-corrected chi connectivity index (χ2v) is 6.44. The van der Waals surface area contributed by atoms with Crippen molar-refractivity contribution in [1.82, 2.24) is 5.32 Å². The van der Waals surface area contributed by atoms with Crippen LogP contribution in [0.2, 0.25) is 5.02 Å². The average molecular weight is 390 g/mol. The van der Waals surface area contributed by atoms with Crippen LogP contribution in [0.4, 0.5) is 4.39 Å². The Morgan fingerprint density at radius 2 is 2.04 bits per heavy atom. The van der Waals surface area contributed by atoms with Crippen molar-refractivity contribution in [2.45, 2.75) is 13.3 Å². The van der Waals surface area contributed by atoms with E-state index in [1.165, 1.54) is 18.2 Å². The van der Waals surface area contributed by atoms with Gasteiger partial charge in [-0.2, -0.15) is 0 Å². The summed E-state index contributed by atoms with van der Waals surface area (Å²) in [6.45, 7) is 1.59. The molecule has 0 aliphatic heterocycles. The molecule has 140 valence electrons. The van der Waals surface area contributed by atoms with Crippen LogP contribution in [0.3, 0.4) is 0 Å². The molecule has 0 aliphatic rings. The molecule has 27 heavy (non-hydrogen) atoms. The largest absolute Gasteiger partial charge is 0.450 e. The van der Waals surface area contributed by atoms with Crippen LogP contribution in [0.1, 0.15) is 21.7 Å². The molecule has 0 saturated heterocycles. The number of benzene rings is 2. The fourth-order valence-corrected chi connectivity index (χ4v) is 2.89. The quantitative estimate of drug-likeness (QED) is 0.646. The molecular weight excluding hydrogens is 373 g/mol. The first kappa shape index (κ1) is 18.9. The highest BCUT2D eigenvalue weighted by molar-refractivity contribution is 6.30. The second kappa shape index (κ2) is 8.22. The van der Waals surface area contributed by atoms with Gasteiger partial charge in [0.05, 0.1) is 0 Å². The van der Waals surface area contributed by atoms with Gasteiger partial charge in [0.1, 0.15) is 11.4 Å². The van der Waals surface area contributed by atoms with Crippen molar-refractivity contribution in [3.8, 4) is 0 Å². The Morgan fingerprint density at radius 3 is 2.81 bits per heavy atom. The predicted octanol–water partition coefficient (Wildman–Crippen LogP) is 4.05. The first-order valence-electron chi connectivity index (χ1n) is 8.31. The van der Waals surface area contributed by atoms with Crippen LogP contribution < -0.4 is 5.32 Å². The molecule has 0 saturated carbocycles. The Labute approximate surface area is 160 Å². The van der Waals surface area contributed by atoms with Gasteiger partial charge in [-0.3, -0.25) is 4.79 Å². The molecule has 0 unspecified atom stereocenters. The summed E-state index contributed by atoms with van der Waals surface area (Å²) < 4.78 is 23.7. The molecule has 1 heterocycles. The molecule has 5 nitrogen and oxygen atoms in total. The number of nitrogens with one attached hydrogen (secondary N) is 1. The standard InChI is InChI=1S/C20H17ClFNO4/c1-12-16-10-15(22)5-6-17(16)27-19(12)20(25)26-11-18(24)23-8-7-13-3-2-4-14(21)9-13/h2-6,9-10H,7-8,11H2,1H3,(H,23,24). The summed E-state index contributed by atoms with van der Waals surface area (Å²) in [4.78, 5) is 24.0. The smallest absolute Gasteiger partial charge is 0.375 e. The molecule has 2 aromatic carbocycles. The van der Waals surface area contributed by atoms with Crippen LogP contribution in [-0.2, 0) is 16.0 Å². The minimum absolute atomic E-state index is 0.0395. The van der Waals surface area contributed by atoms with E-state index in [9.17, 15) is 14.0 Å². The summed E-state index contributed by atoms with van der Waals surface area (Å²) in [5.74, 6) is -1.66. The lowest BCUT2D eigenvalue weighted by Gasteiger charge is -2.06. The zero-order chi connectivity index (χ0) is 19.4. The van der Waals surface area contributed by atoms with Crippen molar-refractivity contribution < 1.29 is 23.1 Å². The van der Waals surface area contributed by atoms with E-state index in [0.717, 1.165) is 5.56 Å². The number of ether oxygens (including phenoxy) is 1. The minimum Gasteiger partial charge on any atom is -0.450 e. The van der Waals surface area contributed by atoms with Gasteiger partial charge < -0.3 is 14.5 Å². The normalized spacial score (nSPS) is 10.8. The fourth-order valence-electron chi connectivity index (χ4n) is 2.67. The second-order valence-electron chi connectivity index (χ2n) is 6.00. The summed E-state index contributed by atoms with van der Waals surface area (Å²) in [7, 11) is 0. The van der Waals surface area contributed by atoms with Gasteiger partial charge in [-0.05, 0) is 49.2 Å². The number of hydrogen-bond acceptors (Lipinski definition) is 4. The van der Waals surface area contributed by atoms with Crippen LogP contribution in [-0.4, -0.2) is 25.0 Å². The van der Waals surface area contributed by atoms with Crippen molar-refractivity contribution in [2.24, 2.45) is 0 Å². The summed E-state index contributed by atoms with van der Waals surface area (Å²) in [5.41, 5.74) is 1.84. The van der Waals surface area contributed by atoms with Gasteiger partial charge in [-0.1, -0.05) is 23.7 Å². The minimum atomic E-state index is -0.769. The zero-order valence-corrected chi connectivity index (χ0v) is 15.3. The summed E-state index contributed by atoms with van der Waals surface area (Å²) in [5, 5.41) is 3.79. The van der Waals surface area contributed by atoms with E-state index >= 15 is 0 Å². The molecule has 0 aliphatic carbocycles. The highest BCUT2D eigenvalue weighted by atomic mass is 35.5. The lowest BCUT2D eigenvalue weighted by molar-refractivity contribution is -0.124. The molecule has 0 fully saturated rings.